The number of urea groups is 1. The number of likely N-dealkylation sites (N-methyl/N-ethyl adjacent to an activating group) is 1. The van der Waals surface area contributed by atoms with Crippen molar-refractivity contribution in [1.82, 2.24) is 14.7 Å². The van der Waals surface area contributed by atoms with Crippen LogP contribution in [0.5, 0.6) is 0 Å². The maximum Gasteiger partial charge on any atom is 0.327 e. The average Bonchev–Trinajstić information content (AvgIpc) is 2.96. The molecule has 0 N–H and O–H groups in total. The number of rotatable bonds is 6. The third-order valence-corrected chi connectivity index (χ3v) is 6.76. The standard InChI is InChI=1S/C25H31N3O3/c1-19-6-4-5-7-22(19)21-10-8-20(9-11-21)18-27-14-12-25(13-15-27)23(29)26(2)24(30)28(25)16-17-31-3/h4-11H,12-18H2,1-3H3. The molecule has 3 amide bonds. The molecule has 6 heteroatoms. The molecule has 0 aliphatic carbocycles. The van der Waals surface area contributed by atoms with Crippen LogP contribution in [0.4, 0.5) is 4.79 Å². The Hall–Kier alpha value is -2.70. The number of likely N-dealkylation sites (tertiary alicyclic amines) is 1. The van der Waals surface area contributed by atoms with E-state index < -0.39 is 5.54 Å². The van der Waals surface area contributed by atoms with Gasteiger partial charge in [0.25, 0.3) is 5.91 Å². The summed E-state index contributed by atoms with van der Waals surface area (Å²) >= 11 is 0. The Labute approximate surface area is 184 Å². The molecule has 2 fully saturated rings. The highest BCUT2D eigenvalue weighted by molar-refractivity contribution is 6.06. The van der Waals surface area contributed by atoms with Crippen molar-refractivity contribution in [3.63, 3.8) is 0 Å². The molecular formula is C25H31N3O3. The van der Waals surface area contributed by atoms with E-state index in [0.29, 0.717) is 26.0 Å². The van der Waals surface area contributed by atoms with Crippen LogP contribution in [0.3, 0.4) is 0 Å². The van der Waals surface area contributed by atoms with Crippen LogP contribution in [0.2, 0.25) is 0 Å². The van der Waals surface area contributed by atoms with Gasteiger partial charge in [-0.05, 0) is 42.0 Å². The van der Waals surface area contributed by atoms with Crippen molar-refractivity contribution >= 4 is 11.9 Å². The summed E-state index contributed by atoms with van der Waals surface area (Å²) in [5.74, 6) is -0.0733. The van der Waals surface area contributed by atoms with Crippen LogP contribution in [0.15, 0.2) is 48.5 Å². The molecule has 2 aliphatic heterocycles. The minimum absolute atomic E-state index is 0.0733. The molecule has 0 saturated carbocycles. The van der Waals surface area contributed by atoms with Gasteiger partial charge in [-0.25, -0.2) is 4.79 Å². The van der Waals surface area contributed by atoms with Crippen molar-refractivity contribution in [3.8, 4) is 11.1 Å². The highest BCUT2D eigenvalue weighted by Crippen LogP contribution is 2.37. The summed E-state index contributed by atoms with van der Waals surface area (Å²) in [5, 5.41) is 0. The van der Waals surface area contributed by atoms with E-state index in [1.807, 2.05) is 0 Å². The predicted molar refractivity (Wildman–Crippen MR) is 121 cm³/mol. The number of carbonyl (C=O) groups is 2. The molecule has 1 spiro atoms. The summed E-state index contributed by atoms with van der Waals surface area (Å²) < 4.78 is 5.17. The number of ether oxygens (including phenoxy) is 1. The van der Waals surface area contributed by atoms with Crippen LogP contribution < -0.4 is 0 Å². The molecule has 2 aromatic rings. The zero-order valence-electron chi connectivity index (χ0n) is 18.6. The zero-order chi connectivity index (χ0) is 22.0. The fourth-order valence-corrected chi connectivity index (χ4v) is 4.88. The van der Waals surface area contributed by atoms with Crippen molar-refractivity contribution in [2.24, 2.45) is 0 Å². The molecule has 2 heterocycles. The van der Waals surface area contributed by atoms with Crippen LogP contribution in [-0.2, 0) is 16.1 Å². The van der Waals surface area contributed by atoms with Gasteiger partial charge < -0.3 is 9.64 Å². The van der Waals surface area contributed by atoms with E-state index in [0.717, 1.165) is 19.6 Å². The third-order valence-electron chi connectivity index (χ3n) is 6.76. The largest absolute Gasteiger partial charge is 0.383 e. The summed E-state index contributed by atoms with van der Waals surface area (Å²) in [7, 11) is 3.20. The number of aryl methyl sites for hydroxylation is 1. The van der Waals surface area contributed by atoms with Gasteiger partial charge >= 0.3 is 6.03 Å². The minimum Gasteiger partial charge on any atom is -0.383 e. The second-order valence-electron chi connectivity index (χ2n) is 8.61. The first-order chi connectivity index (χ1) is 15.0. The van der Waals surface area contributed by atoms with E-state index in [2.05, 4.69) is 60.4 Å². The van der Waals surface area contributed by atoms with Gasteiger partial charge in [0.05, 0.1) is 6.61 Å². The molecule has 6 nitrogen and oxygen atoms in total. The Balaban J connectivity index is 1.41. The van der Waals surface area contributed by atoms with Crippen molar-refractivity contribution in [3.05, 3.63) is 59.7 Å². The summed E-state index contributed by atoms with van der Waals surface area (Å²) in [6, 6.07) is 17.0. The normalized spacial score (nSPS) is 18.9. The number of hydrogen-bond donors (Lipinski definition) is 0. The molecule has 0 unspecified atom stereocenters. The van der Waals surface area contributed by atoms with Gasteiger partial charge in [-0.3, -0.25) is 14.6 Å². The lowest BCUT2D eigenvalue weighted by atomic mass is 9.85. The highest BCUT2D eigenvalue weighted by Gasteiger charge is 2.56. The lowest BCUT2D eigenvalue weighted by Gasteiger charge is -2.42. The van der Waals surface area contributed by atoms with Gasteiger partial charge in [0.1, 0.15) is 5.54 Å². The van der Waals surface area contributed by atoms with Crippen LogP contribution in [0.25, 0.3) is 11.1 Å². The first-order valence-electron chi connectivity index (χ1n) is 10.9. The van der Waals surface area contributed by atoms with Crippen molar-refractivity contribution in [2.75, 3.05) is 40.4 Å². The monoisotopic (exact) mass is 421 g/mol. The fraction of sp³-hybridized carbons (Fsp3) is 0.440. The molecule has 0 atom stereocenters. The fourth-order valence-electron chi connectivity index (χ4n) is 4.88. The maximum atomic E-state index is 12.9. The van der Waals surface area contributed by atoms with Crippen LogP contribution in [-0.4, -0.2) is 72.6 Å². The van der Waals surface area contributed by atoms with Crippen LogP contribution >= 0.6 is 0 Å². The number of methoxy groups -OCH3 is 1. The quantitative estimate of drug-likeness (QED) is 0.670. The lowest BCUT2D eigenvalue weighted by molar-refractivity contribution is -0.135. The maximum absolute atomic E-state index is 12.9. The van der Waals surface area contributed by atoms with Gasteiger partial charge in [-0.1, -0.05) is 48.5 Å². The summed E-state index contributed by atoms with van der Waals surface area (Å²) in [5.41, 5.74) is 4.31. The van der Waals surface area contributed by atoms with Crippen LogP contribution in [0.1, 0.15) is 24.0 Å². The molecule has 4 rings (SSSR count). The second kappa shape index (κ2) is 8.81. The van der Waals surface area contributed by atoms with Crippen LogP contribution in [0, 0.1) is 6.92 Å². The van der Waals surface area contributed by atoms with E-state index in [1.54, 1.807) is 19.1 Å². The van der Waals surface area contributed by atoms with Crippen molar-refractivity contribution in [2.45, 2.75) is 31.8 Å². The van der Waals surface area contributed by atoms with Gasteiger partial charge in [0, 0.05) is 40.3 Å². The number of hydrogen-bond acceptors (Lipinski definition) is 4. The molecule has 2 saturated heterocycles. The zero-order valence-corrected chi connectivity index (χ0v) is 18.6. The number of nitrogens with zero attached hydrogens (tertiary/aromatic N) is 3. The molecule has 0 aromatic heterocycles. The Morgan fingerprint density at radius 2 is 1.68 bits per heavy atom. The third kappa shape index (κ3) is 3.98. The first kappa shape index (κ1) is 21.5. The van der Waals surface area contributed by atoms with E-state index >= 15 is 0 Å². The van der Waals surface area contributed by atoms with E-state index in [1.165, 1.54) is 27.2 Å². The first-order valence-corrected chi connectivity index (χ1v) is 10.9. The molecule has 0 bridgehead atoms. The topological polar surface area (TPSA) is 53.1 Å². The van der Waals surface area contributed by atoms with Gasteiger partial charge in [-0.15, -0.1) is 0 Å². The SMILES string of the molecule is COCCN1C(=O)N(C)C(=O)C12CCN(Cc1ccc(-c3ccccc3C)cc1)CC2. The number of amides is 3. The van der Waals surface area contributed by atoms with Crippen molar-refractivity contribution in [1.29, 1.82) is 0 Å². The Morgan fingerprint density at radius 3 is 2.32 bits per heavy atom. The summed E-state index contributed by atoms with van der Waals surface area (Å²) in [6.45, 7) is 5.44. The smallest absolute Gasteiger partial charge is 0.327 e. The molecule has 164 valence electrons. The molecule has 2 aromatic carbocycles. The van der Waals surface area contributed by atoms with E-state index in [9.17, 15) is 9.59 Å². The number of imide groups is 1. The minimum atomic E-state index is -0.713. The van der Waals surface area contributed by atoms with E-state index in [4.69, 9.17) is 4.74 Å². The van der Waals surface area contributed by atoms with Gasteiger partial charge in [0.2, 0.25) is 0 Å². The summed E-state index contributed by atoms with van der Waals surface area (Å²) in [6.07, 6.45) is 1.32. The predicted octanol–water partition coefficient (Wildman–Crippen LogP) is 3.54. The number of benzene rings is 2. The van der Waals surface area contributed by atoms with E-state index in [-0.39, 0.29) is 11.9 Å². The number of piperidine rings is 1. The van der Waals surface area contributed by atoms with Gasteiger partial charge in [-0.2, -0.15) is 0 Å². The molecule has 31 heavy (non-hydrogen) atoms. The molecule has 0 radical (unpaired) electrons. The van der Waals surface area contributed by atoms with Crippen molar-refractivity contribution < 1.29 is 14.3 Å². The Kier molecular flexibility index (Phi) is 6.12. The lowest BCUT2D eigenvalue weighted by Crippen LogP contribution is -2.57. The summed E-state index contributed by atoms with van der Waals surface area (Å²) in [4.78, 5) is 30.9. The molecule has 2 aliphatic rings. The second-order valence-corrected chi connectivity index (χ2v) is 8.61. The Bertz CT molecular complexity index is 949. The Morgan fingerprint density at radius 1 is 1.00 bits per heavy atom. The average molecular weight is 422 g/mol. The molecular weight excluding hydrogens is 390 g/mol. The highest BCUT2D eigenvalue weighted by atomic mass is 16.5. The number of carbonyl (C=O) groups excluding carboxylic acids is 2. The van der Waals surface area contributed by atoms with Gasteiger partial charge in [0.15, 0.2) is 0 Å².